The molecule has 0 atom stereocenters. The smallest absolute Gasteiger partial charge is 0.420 e. The van der Waals surface area contributed by atoms with Gasteiger partial charge >= 0.3 is 6.85 Å². The van der Waals surface area contributed by atoms with Gasteiger partial charge in [-0.3, -0.25) is 6.57 Å². The summed E-state index contributed by atoms with van der Waals surface area (Å²) < 4.78 is 3.14. The molecular formula is C3H6BN. The second kappa shape index (κ2) is 1.84. The quantitative estimate of drug-likeness (QED) is 0.295. The van der Waals surface area contributed by atoms with Crippen LogP contribution in [-0.4, -0.2) is 6.85 Å². The van der Waals surface area contributed by atoms with Crippen molar-refractivity contribution in [2.24, 2.45) is 0 Å². The summed E-state index contributed by atoms with van der Waals surface area (Å²) in [5.41, 5.74) is 0. The van der Waals surface area contributed by atoms with Gasteiger partial charge in [-0.2, -0.15) is 0 Å². The van der Waals surface area contributed by atoms with Gasteiger partial charge in [0, 0.05) is 0 Å². The molecule has 0 spiro atoms. The molecule has 0 aliphatic carbocycles. The highest BCUT2D eigenvalue weighted by Crippen LogP contribution is 1.74. The van der Waals surface area contributed by atoms with E-state index in [0.717, 1.165) is 0 Å². The van der Waals surface area contributed by atoms with E-state index in [2.05, 4.69) is 4.76 Å². The molecule has 0 rings (SSSR count). The Morgan fingerprint density at radius 2 is 1.80 bits per heavy atom. The Morgan fingerprint density at radius 1 is 1.60 bits per heavy atom. The highest BCUT2D eigenvalue weighted by Gasteiger charge is 2.00. The summed E-state index contributed by atoms with van der Waals surface area (Å²) in [4.78, 5) is 0. The first kappa shape index (κ1) is 4.55. The van der Waals surface area contributed by atoms with E-state index in [1.165, 1.54) is 0 Å². The molecule has 0 fully saturated rings. The average Bonchev–Trinajstić information content (AvgIpc) is 1.38. The summed E-state index contributed by atoms with van der Waals surface area (Å²) >= 11 is 0. The van der Waals surface area contributed by atoms with Crippen molar-refractivity contribution >= 4 is 6.85 Å². The molecule has 26 valence electrons. The molecule has 0 radical (unpaired) electrons. The van der Waals surface area contributed by atoms with Crippen molar-refractivity contribution in [2.75, 3.05) is 0 Å². The van der Waals surface area contributed by atoms with E-state index in [4.69, 9.17) is 6.57 Å². The minimum atomic E-state index is 0.176. The third-order valence-corrected chi connectivity index (χ3v) is 0.258. The van der Waals surface area contributed by atoms with Crippen LogP contribution in [0.5, 0.6) is 0 Å². The van der Waals surface area contributed by atoms with Gasteiger partial charge < -0.3 is 4.76 Å². The zero-order valence-electron chi connectivity index (χ0n) is 3.52. The number of nitrogens with zero attached hydrogens (tertiary/aromatic N) is 1. The molecule has 0 aromatic carbocycles. The topological polar surface area (TPSA) is 4.36 Å². The lowest BCUT2D eigenvalue weighted by Crippen LogP contribution is -1.85. The van der Waals surface area contributed by atoms with Crippen LogP contribution in [0.1, 0.15) is 0 Å². The van der Waals surface area contributed by atoms with Gasteiger partial charge in [0.1, 0.15) is 0 Å². The van der Waals surface area contributed by atoms with E-state index >= 15 is 0 Å². The molecule has 0 aliphatic rings. The van der Waals surface area contributed by atoms with Gasteiger partial charge in [-0.1, -0.05) is 0 Å². The van der Waals surface area contributed by atoms with E-state index in [0.29, 0.717) is 0 Å². The monoisotopic (exact) mass is 67.1 g/mol. The molecule has 5 heavy (non-hydrogen) atoms. The third kappa shape index (κ3) is 3.55. The molecular weight excluding hydrogens is 60.9 g/mol. The van der Waals surface area contributed by atoms with Crippen LogP contribution in [0.25, 0.3) is 4.76 Å². The van der Waals surface area contributed by atoms with Crippen molar-refractivity contribution in [1.82, 2.24) is 0 Å². The summed E-state index contributed by atoms with van der Waals surface area (Å²) in [6.45, 7) is 10.2. The zero-order valence-corrected chi connectivity index (χ0v) is 3.52. The van der Waals surface area contributed by atoms with Crippen LogP contribution in [0.3, 0.4) is 0 Å². The fourth-order valence-corrected chi connectivity index (χ4v) is 0. The highest BCUT2D eigenvalue weighted by atomic mass is 14.5. The maximum atomic E-state index is 6.28. The van der Waals surface area contributed by atoms with Crippen LogP contribution in [0.2, 0.25) is 13.6 Å². The second-order valence-corrected chi connectivity index (χ2v) is 1.22. The SMILES string of the molecule is [C-]#[N+]B(C)C. The summed E-state index contributed by atoms with van der Waals surface area (Å²) in [6.07, 6.45) is 0. The van der Waals surface area contributed by atoms with Crippen molar-refractivity contribution in [1.29, 1.82) is 0 Å². The van der Waals surface area contributed by atoms with E-state index in [1.54, 1.807) is 0 Å². The molecule has 0 aromatic heterocycles. The van der Waals surface area contributed by atoms with Crippen LogP contribution in [-0.2, 0) is 0 Å². The summed E-state index contributed by atoms with van der Waals surface area (Å²) in [5, 5.41) is 0. The van der Waals surface area contributed by atoms with E-state index in [1.807, 2.05) is 13.6 Å². The highest BCUT2D eigenvalue weighted by molar-refractivity contribution is 6.59. The molecule has 0 amide bonds. The fourth-order valence-electron chi connectivity index (χ4n) is 0. The van der Waals surface area contributed by atoms with Crippen LogP contribution < -0.4 is 0 Å². The molecule has 0 bridgehead atoms. The third-order valence-electron chi connectivity index (χ3n) is 0.258. The Morgan fingerprint density at radius 3 is 1.80 bits per heavy atom. The van der Waals surface area contributed by atoms with Crippen LogP contribution >= 0.6 is 0 Å². The predicted molar refractivity (Wildman–Crippen MR) is 24.1 cm³/mol. The van der Waals surface area contributed by atoms with Crippen LogP contribution in [0, 0.1) is 6.57 Å². The average molecular weight is 66.9 g/mol. The van der Waals surface area contributed by atoms with Crippen molar-refractivity contribution in [3.63, 3.8) is 0 Å². The first-order valence-corrected chi connectivity index (χ1v) is 1.64. The van der Waals surface area contributed by atoms with Gasteiger partial charge in [-0.25, -0.2) is 0 Å². The summed E-state index contributed by atoms with van der Waals surface area (Å²) in [5.74, 6) is 0. The molecule has 1 nitrogen and oxygen atoms in total. The van der Waals surface area contributed by atoms with Crippen molar-refractivity contribution in [2.45, 2.75) is 13.6 Å². The minimum Gasteiger partial charge on any atom is -0.420 e. The van der Waals surface area contributed by atoms with Crippen LogP contribution in [0.4, 0.5) is 0 Å². The molecule has 0 aliphatic heterocycles. The first-order valence-electron chi connectivity index (χ1n) is 1.64. The summed E-state index contributed by atoms with van der Waals surface area (Å²) in [7, 11) is 0. The maximum Gasteiger partial charge on any atom is 0.565 e. The lowest BCUT2D eigenvalue weighted by molar-refractivity contribution is 1.99. The van der Waals surface area contributed by atoms with Crippen molar-refractivity contribution in [3.8, 4) is 0 Å². The minimum absolute atomic E-state index is 0.176. The van der Waals surface area contributed by atoms with Gasteiger partial charge in [0.2, 0.25) is 0 Å². The Bertz CT molecular complexity index is 52.4. The Hall–Kier alpha value is -0.445. The lowest BCUT2D eigenvalue weighted by atomic mass is 9.70. The number of rotatable bonds is 0. The molecule has 0 saturated heterocycles. The normalized spacial score (nSPS) is 5.80. The summed E-state index contributed by atoms with van der Waals surface area (Å²) in [6, 6.07) is 0. The lowest BCUT2D eigenvalue weighted by Gasteiger charge is -1.65. The van der Waals surface area contributed by atoms with Gasteiger partial charge in [0.15, 0.2) is 0 Å². The molecule has 0 N–H and O–H groups in total. The molecule has 2 heteroatoms. The van der Waals surface area contributed by atoms with Gasteiger partial charge in [0.25, 0.3) is 0 Å². The Labute approximate surface area is 32.9 Å². The van der Waals surface area contributed by atoms with E-state index in [-0.39, 0.29) is 6.85 Å². The molecule has 0 aromatic rings. The van der Waals surface area contributed by atoms with Gasteiger partial charge in [0.05, 0.1) is 0 Å². The number of hydrogen-bond donors (Lipinski definition) is 0. The second-order valence-electron chi connectivity index (χ2n) is 1.22. The molecule has 0 unspecified atom stereocenters. The van der Waals surface area contributed by atoms with Crippen molar-refractivity contribution < 1.29 is 0 Å². The van der Waals surface area contributed by atoms with Crippen molar-refractivity contribution in [3.05, 3.63) is 11.3 Å². The van der Waals surface area contributed by atoms with Gasteiger partial charge in [-0.15, -0.1) is 0 Å². The Balaban J connectivity index is 2.94. The van der Waals surface area contributed by atoms with E-state index < -0.39 is 0 Å². The fraction of sp³-hybridized carbons (Fsp3) is 0.667. The first-order chi connectivity index (χ1) is 2.27. The standard InChI is InChI=1S/C3H6BN/c1-4(2)5-3/h1-2H3. The largest absolute Gasteiger partial charge is 0.565 e. The number of hydrogen-bond acceptors (Lipinski definition) is 0. The molecule has 0 heterocycles. The predicted octanol–water partition coefficient (Wildman–Crippen LogP) is 1.16. The molecule has 0 saturated carbocycles. The Kier molecular flexibility index (Phi) is 1.67. The van der Waals surface area contributed by atoms with Gasteiger partial charge in [-0.05, 0) is 13.6 Å². The van der Waals surface area contributed by atoms with Crippen LogP contribution in [0.15, 0.2) is 0 Å². The maximum absolute atomic E-state index is 6.28. The zero-order chi connectivity index (χ0) is 4.28. The van der Waals surface area contributed by atoms with E-state index in [9.17, 15) is 0 Å².